The highest BCUT2D eigenvalue weighted by Gasteiger charge is 2.57. The van der Waals surface area contributed by atoms with Gasteiger partial charge in [-0.05, 0) is 50.4 Å². The summed E-state index contributed by atoms with van der Waals surface area (Å²) in [5, 5.41) is 72.9. The van der Waals surface area contributed by atoms with Gasteiger partial charge in [-0.2, -0.15) is 0 Å². The number of rotatable bonds is 10. The Morgan fingerprint density at radius 1 is 1.05 bits per heavy atom. The molecule has 0 spiro atoms. The van der Waals surface area contributed by atoms with E-state index in [0.717, 1.165) is 5.57 Å². The Labute approximate surface area is 221 Å². The van der Waals surface area contributed by atoms with E-state index in [1.54, 1.807) is 13.0 Å². The molecular formula is C29H48O8. The van der Waals surface area contributed by atoms with Gasteiger partial charge in [-0.25, -0.2) is 4.79 Å². The van der Waals surface area contributed by atoms with Gasteiger partial charge >= 0.3 is 5.97 Å². The molecule has 0 saturated heterocycles. The number of aliphatic hydroxyl groups excluding tert-OH is 6. The van der Waals surface area contributed by atoms with E-state index in [2.05, 4.69) is 0 Å². The summed E-state index contributed by atoms with van der Waals surface area (Å²) < 4.78 is 0. The number of allylic oxidation sites excluding steroid dienone is 3. The van der Waals surface area contributed by atoms with Crippen LogP contribution in [-0.4, -0.2) is 78.3 Å². The van der Waals surface area contributed by atoms with E-state index < -0.39 is 53.9 Å². The number of hydrogen-bond donors (Lipinski definition) is 7. The first kappa shape index (κ1) is 31.7. The van der Waals surface area contributed by atoms with Crippen molar-refractivity contribution in [2.75, 3.05) is 0 Å². The van der Waals surface area contributed by atoms with Gasteiger partial charge in [-0.15, -0.1) is 0 Å². The lowest BCUT2D eigenvalue weighted by atomic mass is 9.50. The first-order valence-electron chi connectivity index (χ1n) is 13.4. The maximum atomic E-state index is 11.7. The lowest BCUT2D eigenvalue weighted by Gasteiger charge is -2.56. The van der Waals surface area contributed by atoms with Crippen molar-refractivity contribution in [3.05, 3.63) is 35.5 Å². The van der Waals surface area contributed by atoms with Crippen LogP contribution in [0.1, 0.15) is 61.3 Å². The standard InChI is InChI=1S/C29H48O8/c1-14(2)24(32)17(5)22(31)13-19(30)9-8-15(3)20-10-11-29(7)23(21(20)12-16(4)28(36)37)18(6)25(33)26(34)27(29)35/h8,10-12,14,17-27,30-35H,9,13H2,1-7H3,(H,36,37). The van der Waals surface area contributed by atoms with Crippen molar-refractivity contribution in [2.24, 2.45) is 40.9 Å². The van der Waals surface area contributed by atoms with Gasteiger partial charge in [0.2, 0.25) is 0 Å². The number of fused-ring (bicyclic) bond motifs is 1. The van der Waals surface area contributed by atoms with Crippen LogP contribution in [0.3, 0.4) is 0 Å². The van der Waals surface area contributed by atoms with E-state index in [0.29, 0.717) is 0 Å². The third-order valence-corrected chi connectivity index (χ3v) is 8.99. The molecule has 0 bridgehead atoms. The van der Waals surface area contributed by atoms with E-state index >= 15 is 0 Å². The predicted octanol–water partition coefficient (Wildman–Crippen LogP) is 2.28. The molecule has 0 aromatic rings. The first-order chi connectivity index (χ1) is 17.0. The third kappa shape index (κ3) is 6.72. The molecule has 212 valence electrons. The number of carbonyl (C=O) groups is 1. The van der Waals surface area contributed by atoms with Crippen molar-refractivity contribution in [1.29, 1.82) is 0 Å². The number of carboxylic acid groups (broad SMARTS) is 1. The molecule has 2 aliphatic carbocycles. The summed E-state index contributed by atoms with van der Waals surface area (Å²) in [6.07, 6.45) is 1.70. The molecule has 2 rings (SSSR count). The van der Waals surface area contributed by atoms with Gasteiger partial charge in [0.05, 0.1) is 30.5 Å². The first-order valence-corrected chi connectivity index (χ1v) is 13.4. The molecule has 1 saturated carbocycles. The Morgan fingerprint density at radius 3 is 2.19 bits per heavy atom. The summed E-state index contributed by atoms with van der Waals surface area (Å²) >= 11 is 0. The second-order valence-electron chi connectivity index (χ2n) is 12.0. The fourth-order valence-corrected chi connectivity index (χ4v) is 6.38. The van der Waals surface area contributed by atoms with Crippen molar-refractivity contribution in [3.63, 3.8) is 0 Å². The zero-order chi connectivity index (χ0) is 28.4. The average molecular weight is 525 g/mol. The molecule has 12 atom stereocenters. The van der Waals surface area contributed by atoms with E-state index in [-0.39, 0.29) is 48.0 Å². The van der Waals surface area contributed by atoms with Crippen molar-refractivity contribution in [3.8, 4) is 0 Å². The minimum Gasteiger partial charge on any atom is -0.478 e. The number of aliphatic hydroxyl groups is 6. The molecule has 0 amide bonds. The Bertz CT molecular complexity index is 879. The zero-order valence-corrected chi connectivity index (χ0v) is 23.2. The SMILES string of the molecule is CC(=CC1C(C(C)=CCC(O)CC(O)C(C)C(O)C(C)C)C=CC2(C)C(O)C(O)C(O)C(C)C12)C(=O)O. The second-order valence-corrected chi connectivity index (χ2v) is 12.0. The number of hydrogen-bond acceptors (Lipinski definition) is 7. The summed E-state index contributed by atoms with van der Waals surface area (Å²) in [6, 6.07) is 0. The molecule has 0 aromatic carbocycles. The maximum Gasteiger partial charge on any atom is 0.330 e. The highest BCUT2D eigenvalue weighted by atomic mass is 16.4. The van der Waals surface area contributed by atoms with E-state index in [9.17, 15) is 40.5 Å². The van der Waals surface area contributed by atoms with Crippen LogP contribution in [0.25, 0.3) is 0 Å². The normalized spacial score (nSPS) is 38.2. The Morgan fingerprint density at radius 2 is 1.65 bits per heavy atom. The van der Waals surface area contributed by atoms with Crippen molar-refractivity contribution in [1.82, 2.24) is 0 Å². The van der Waals surface area contributed by atoms with Gasteiger partial charge < -0.3 is 35.7 Å². The fourth-order valence-electron chi connectivity index (χ4n) is 6.38. The van der Waals surface area contributed by atoms with Gasteiger partial charge in [0.1, 0.15) is 6.10 Å². The van der Waals surface area contributed by atoms with Gasteiger partial charge in [0.15, 0.2) is 0 Å². The molecule has 0 aliphatic heterocycles. The van der Waals surface area contributed by atoms with E-state index in [1.165, 1.54) is 6.92 Å². The van der Waals surface area contributed by atoms with Gasteiger partial charge in [-0.1, -0.05) is 64.5 Å². The third-order valence-electron chi connectivity index (χ3n) is 8.99. The van der Waals surface area contributed by atoms with Gasteiger partial charge in [-0.3, -0.25) is 0 Å². The molecule has 7 N–H and O–H groups in total. The van der Waals surface area contributed by atoms with Crippen LogP contribution in [0.5, 0.6) is 0 Å². The molecule has 1 fully saturated rings. The molecular weight excluding hydrogens is 476 g/mol. The molecule has 8 nitrogen and oxygen atoms in total. The van der Waals surface area contributed by atoms with Crippen LogP contribution in [0.15, 0.2) is 35.5 Å². The largest absolute Gasteiger partial charge is 0.478 e. The Hall–Kier alpha value is -1.55. The quantitative estimate of drug-likeness (QED) is 0.169. The Kier molecular flexibility index (Phi) is 10.7. The summed E-state index contributed by atoms with van der Waals surface area (Å²) in [6.45, 7) is 12.6. The minimum absolute atomic E-state index is 0.00715. The smallest absolute Gasteiger partial charge is 0.330 e. The van der Waals surface area contributed by atoms with Crippen LogP contribution in [-0.2, 0) is 4.79 Å². The highest BCUT2D eigenvalue weighted by Crippen LogP contribution is 2.55. The van der Waals surface area contributed by atoms with Crippen LogP contribution in [0.2, 0.25) is 0 Å². The van der Waals surface area contributed by atoms with Crippen molar-refractivity contribution >= 4 is 5.97 Å². The molecule has 8 heteroatoms. The molecule has 37 heavy (non-hydrogen) atoms. The lowest BCUT2D eigenvalue weighted by Crippen LogP contribution is -2.62. The lowest BCUT2D eigenvalue weighted by molar-refractivity contribution is -0.187. The van der Waals surface area contributed by atoms with Crippen molar-refractivity contribution in [2.45, 2.75) is 97.9 Å². The average Bonchev–Trinajstić information content (AvgIpc) is 2.83. The molecule has 2 aliphatic rings. The second kappa shape index (κ2) is 12.5. The molecule has 0 heterocycles. The van der Waals surface area contributed by atoms with E-state index in [4.69, 9.17) is 0 Å². The predicted molar refractivity (Wildman–Crippen MR) is 141 cm³/mol. The Balaban J connectivity index is 2.33. The van der Waals surface area contributed by atoms with Crippen LogP contribution in [0.4, 0.5) is 0 Å². The summed E-state index contributed by atoms with van der Waals surface area (Å²) in [5.74, 6) is -2.83. The van der Waals surface area contributed by atoms with Gasteiger partial charge in [0.25, 0.3) is 0 Å². The summed E-state index contributed by atoms with van der Waals surface area (Å²) in [7, 11) is 0. The molecule has 0 radical (unpaired) electrons. The van der Waals surface area contributed by atoms with Crippen LogP contribution < -0.4 is 0 Å². The fraction of sp³-hybridized carbons (Fsp3) is 0.759. The topological polar surface area (TPSA) is 159 Å². The highest BCUT2D eigenvalue weighted by molar-refractivity contribution is 5.85. The summed E-state index contributed by atoms with van der Waals surface area (Å²) in [4.78, 5) is 11.7. The minimum atomic E-state index is -1.31. The van der Waals surface area contributed by atoms with E-state index in [1.807, 2.05) is 52.8 Å². The summed E-state index contributed by atoms with van der Waals surface area (Å²) in [5.41, 5.74) is 0.179. The molecule has 12 unspecified atom stereocenters. The van der Waals surface area contributed by atoms with Crippen LogP contribution >= 0.6 is 0 Å². The maximum absolute atomic E-state index is 11.7. The van der Waals surface area contributed by atoms with Crippen LogP contribution in [0, 0.1) is 40.9 Å². The monoisotopic (exact) mass is 524 g/mol. The zero-order valence-electron chi connectivity index (χ0n) is 23.2. The number of aliphatic carboxylic acids is 1. The molecule has 0 aromatic heterocycles. The van der Waals surface area contributed by atoms with Crippen molar-refractivity contribution < 1.29 is 40.5 Å². The number of carboxylic acids is 1. The van der Waals surface area contributed by atoms with Gasteiger partial charge in [0, 0.05) is 22.8 Å².